The van der Waals surface area contributed by atoms with Crippen LogP contribution in [0.2, 0.25) is 16.6 Å². The predicted octanol–water partition coefficient (Wildman–Crippen LogP) is 5.86. The zero-order chi connectivity index (χ0) is 19.9. The second-order valence-electron chi connectivity index (χ2n) is 7.72. The minimum atomic E-state index is -1.85. The SMILES string of the molecule is CON(C)C(=O)/C=C/C=C(c1ccccc1)[Si](C(C)C)(C(C)C)C(C)C. The molecule has 1 aromatic carbocycles. The number of carbonyl (C=O) groups excluding carboxylic acids is 1. The third-order valence-electron chi connectivity index (χ3n) is 5.50. The lowest BCUT2D eigenvalue weighted by Gasteiger charge is -2.45. The summed E-state index contributed by atoms with van der Waals surface area (Å²) in [5, 5.41) is 2.65. The molecule has 1 aromatic rings. The van der Waals surface area contributed by atoms with Gasteiger partial charge < -0.3 is 0 Å². The van der Waals surface area contributed by atoms with Gasteiger partial charge in [0.15, 0.2) is 0 Å². The van der Waals surface area contributed by atoms with Crippen LogP contribution < -0.4 is 0 Å². The van der Waals surface area contributed by atoms with Crippen LogP contribution >= 0.6 is 0 Å². The molecule has 0 aliphatic heterocycles. The topological polar surface area (TPSA) is 29.5 Å². The van der Waals surface area contributed by atoms with Gasteiger partial charge in [0.05, 0.1) is 15.2 Å². The van der Waals surface area contributed by atoms with Crippen LogP contribution in [-0.4, -0.2) is 33.2 Å². The molecule has 0 atom stereocenters. The summed E-state index contributed by atoms with van der Waals surface area (Å²) in [6.45, 7) is 14.1. The van der Waals surface area contributed by atoms with E-state index in [4.69, 9.17) is 4.84 Å². The Kier molecular flexibility index (Phi) is 8.51. The van der Waals surface area contributed by atoms with E-state index in [9.17, 15) is 4.79 Å². The molecule has 0 unspecified atom stereocenters. The lowest BCUT2D eigenvalue weighted by molar-refractivity contribution is -0.162. The van der Waals surface area contributed by atoms with Crippen molar-refractivity contribution in [2.24, 2.45) is 0 Å². The predicted molar refractivity (Wildman–Crippen MR) is 114 cm³/mol. The van der Waals surface area contributed by atoms with Gasteiger partial charge in [-0.05, 0) is 22.2 Å². The van der Waals surface area contributed by atoms with Gasteiger partial charge in [0.1, 0.15) is 0 Å². The van der Waals surface area contributed by atoms with Crippen LogP contribution in [0.25, 0.3) is 5.20 Å². The van der Waals surface area contributed by atoms with E-state index in [1.807, 2.05) is 6.08 Å². The number of hydrogen-bond donors (Lipinski definition) is 0. The molecule has 26 heavy (non-hydrogen) atoms. The van der Waals surface area contributed by atoms with Crippen LogP contribution in [0.1, 0.15) is 47.1 Å². The van der Waals surface area contributed by atoms with Crippen molar-refractivity contribution < 1.29 is 9.63 Å². The van der Waals surface area contributed by atoms with Gasteiger partial charge in [-0.2, -0.15) is 0 Å². The van der Waals surface area contributed by atoms with Gasteiger partial charge >= 0.3 is 0 Å². The minimum Gasteiger partial charge on any atom is -0.274 e. The van der Waals surface area contributed by atoms with Crippen LogP contribution in [0.3, 0.4) is 0 Å². The van der Waals surface area contributed by atoms with Gasteiger partial charge in [0, 0.05) is 13.1 Å². The van der Waals surface area contributed by atoms with E-state index in [-0.39, 0.29) is 5.91 Å². The van der Waals surface area contributed by atoms with E-state index in [1.54, 1.807) is 13.1 Å². The van der Waals surface area contributed by atoms with E-state index in [1.165, 1.54) is 22.9 Å². The van der Waals surface area contributed by atoms with Crippen LogP contribution in [0.4, 0.5) is 0 Å². The first kappa shape index (κ1) is 22.4. The first-order valence-corrected chi connectivity index (χ1v) is 11.7. The molecular formula is C22H35NO2Si. The maximum Gasteiger partial charge on any atom is 0.269 e. The molecule has 0 aliphatic rings. The summed E-state index contributed by atoms with van der Waals surface area (Å²) >= 11 is 0. The summed E-state index contributed by atoms with van der Waals surface area (Å²) < 4.78 is 0. The van der Waals surface area contributed by atoms with Crippen LogP contribution in [0, 0.1) is 0 Å². The molecule has 0 spiro atoms. The van der Waals surface area contributed by atoms with Crippen molar-refractivity contribution in [3.8, 4) is 0 Å². The van der Waals surface area contributed by atoms with Gasteiger partial charge in [-0.15, -0.1) is 0 Å². The Morgan fingerprint density at radius 2 is 1.50 bits per heavy atom. The second-order valence-corrected chi connectivity index (χ2v) is 13.6. The first-order valence-electron chi connectivity index (χ1n) is 9.45. The molecule has 0 radical (unpaired) electrons. The summed E-state index contributed by atoms with van der Waals surface area (Å²) in [5.74, 6) is -0.165. The lowest BCUT2D eigenvalue weighted by Crippen LogP contribution is -2.46. The summed E-state index contributed by atoms with van der Waals surface area (Å²) in [6, 6.07) is 10.6. The van der Waals surface area contributed by atoms with Gasteiger partial charge in [-0.25, -0.2) is 5.06 Å². The number of carbonyl (C=O) groups is 1. The molecule has 1 amide bonds. The quantitative estimate of drug-likeness (QED) is 0.247. The fraction of sp³-hybridized carbons (Fsp3) is 0.500. The lowest BCUT2D eigenvalue weighted by atomic mass is 10.2. The first-order chi connectivity index (χ1) is 12.2. The number of allylic oxidation sites excluding steroid dienone is 2. The third-order valence-corrected chi connectivity index (χ3v) is 12.6. The molecule has 0 saturated heterocycles. The van der Waals surface area contributed by atoms with E-state index < -0.39 is 8.07 Å². The highest BCUT2D eigenvalue weighted by atomic mass is 28.3. The third kappa shape index (κ3) is 4.74. The minimum absolute atomic E-state index is 0.165. The smallest absolute Gasteiger partial charge is 0.269 e. The Bertz CT molecular complexity index is 611. The molecule has 0 fully saturated rings. The van der Waals surface area contributed by atoms with Crippen molar-refractivity contribution in [3.05, 3.63) is 54.1 Å². The average molecular weight is 374 g/mol. The highest BCUT2D eigenvalue weighted by Gasteiger charge is 2.45. The largest absolute Gasteiger partial charge is 0.274 e. The van der Waals surface area contributed by atoms with Crippen molar-refractivity contribution in [1.82, 2.24) is 5.06 Å². The second kappa shape index (κ2) is 9.88. The average Bonchev–Trinajstić information content (AvgIpc) is 2.59. The van der Waals surface area contributed by atoms with Crippen molar-refractivity contribution in [1.29, 1.82) is 0 Å². The zero-order valence-electron chi connectivity index (χ0n) is 17.6. The molecule has 0 aromatic heterocycles. The Hall–Kier alpha value is -1.65. The van der Waals surface area contributed by atoms with E-state index in [0.29, 0.717) is 16.6 Å². The number of rotatable bonds is 8. The summed E-state index contributed by atoms with van der Waals surface area (Å²) in [7, 11) is 1.25. The Morgan fingerprint density at radius 1 is 1.00 bits per heavy atom. The highest BCUT2D eigenvalue weighted by Crippen LogP contribution is 2.49. The van der Waals surface area contributed by atoms with E-state index in [0.717, 1.165) is 0 Å². The van der Waals surface area contributed by atoms with E-state index in [2.05, 4.69) is 78.0 Å². The Morgan fingerprint density at radius 3 is 1.92 bits per heavy atom. The van der Waals surface area contributed by atoms with Gasteiger partial charge in [-0.3, -0.25) is 9.63 Å². The summed E-state index contributed by atoms with van der Waals surface area (Å²) in [6.07, 6.45) is 5.63. The molecular weight excluding hydrogens is 338 g/mol. The monoisotopic (exact) mass is 373 g/mol. The van der Waals surface area contributed by atoms with Crippen molar-refractivity contribution >= 4 is 19.2 Å². The molecule has 3 nitrogen and oxygen atoms in total. The molecule has 0 heterocycles. The van der Waals surface area contributed by atoms with Gasteiger partial charge in [0.25, 0.3) is 5.91 Å². The van der Waals surface area contributed by atoms with Crippen molar-refractivity contribution in [2.75, 3.05) is 14.2 Å². The van der Waals surface area contributed by atoms with Crippen LogP contribution in [-0.2, 0) is 9.63 Å². The maximum atomic E-state index is 12.0. The number of benzene rings is 1. The molecule has 144 valence electrons. The number of hydrogen-bond acceptors (Lipinski definition) is 2. The molecule has 0 saturated carbocycles. The number of likely N-dealkylation sites (N-methyl/N-ethyl adjacent to an activating group) is 1. The number of hydroxylamine groups is 2. The van der Waals surface area contributed by atoms with Crippen LogP contribution in [0.15, 0.2) is 48.6 Å². The van der Waals surface area contributed by atoms with E-state index >= 15 is 0 Å². The number of nitrogens with zero attached hydrogens (tertiary/aromatic N) is 1. The van der Waals surface area contributed by atoms with Crippen LogP contribution in [0.5, 0.6) is 0 Å². The van der Waals surface area contributed by atoms with Gasteiger partial charge in [0.2, 0.25) is 0 Å². The highest BCUT2D eigenvalue weighted by molar-refractivity contribution is 6.99. The maximum absolute atomic E-state index is 12.0. The molecule has 1 rings (SSSR count). The Labute approximate surface area is 160 Å². The fourth-order valence-corrected chi connectivity index (χ4v) is 11.4. The van der Waals surface area contributed by atoms with Crippen molar-refractivity contribution in [3.63, 3.8) is 0 Å². The fourth-order valence-electron chi connectivity index (χ4n) is 4.46. The molecule has 0 N–H and O–H groups in total. The normalized spacial score (nSPS) is 13.3. The number of amides is 1. The van der Waals surface area contributed by atoms with Crippen molar-refractivity contribution in [2.45, 2.75) is 58.2 Å². The standard InChI is InChI=1S/C22H35NO2Si/c1-17(2)26(18(3)4,19(5)6)21(20-13-10-9-11-14-20)15-12-16-22(24)23(7)25-8/h9-19H,1-8H3/b16-12+,21-15?. The zero-order valence-corrected chi connectivity index (χ0v) is 18.6. The molecule has 0 bridgehead atoms. The Balaban J connectivity index is 3.53. The molecule has 4 heteroatoms. The van der Waals surface area contributed by atoms with Gasteiger partial charge in [-0.1, -0.05) is 89.2 Å². The summed E-state index contributed by atoms with van der Waals surface area (Å²) in [5.41, 5.74) is 3.06. The summed E-state index contributed by atoms with van der Waals surface area (Å²) in [4.78, 5) is 17.0. The molecule has 0 aliphatic carbocycles.